The van der Waals surface area contributed by atoms with Gasteiger partial charge < -0.3 is 4.98 Å². The molecule has 0 fully saturated rings. The third-order valence-corrected chi connectivity index (χ3v) is 2.88. The Labute approximate surface area is 98.9 Å². The molecule has 1 heterocycles. The minimum atomic E-state index is 0.616. The quantitative estimate of drug-likeness (QED) is 0.658. The van der Waals surface area contributed by atoms with E-state index in [1.54, 1.807) is 0 Å². The Morgan fingerprint density at radius 3 is 2.47 bits per heavy atom. The van der Waals surface area contributed by atoms with Crippen LogP contribution >= 0.6 is 0 Å². The highest BCUT2D eigenvalue weighted by atomic mass is 16.1. The van der Waals surface area contributed by atoms with Gasteiger partial charge in [-0.05, 0) is 23.3 Å². The smallest absolute Gasteiger partial charge is 0.166 e. The van der Waals surface area contributed by atoms with Crippen LogP contribution in [0.25, 0.3) is 22.0 Å². The zero-order valence-electron chi connectivity index (χ0n) is 9.18. The summed E-state index contributed by atoms with van der Waals surface area (Å²) in [6.45, 7) is 0. The molecule has 0 aliphatic rings. The Hall–Kier alpha value is -2.35. The first-order valence-corrected chi connectivity index (χ1v) is 5.50. The van der Waals surface area contributed by atoms with Gasteiger partial charge in [0.15, 0.2) is 6.29 Å². The van der Waals surface area contributed by atoms with E-state index >= 15 is 0 Å². The Bertz CT molecular complexity index is 668. The lowest BCUT2D eigenvalue weighted by Crippen LogP contribution is -1.78. The molecule has 0 saturated heterocycles. The van der Waals surface area contributed by atoms with Crippen LogP contribution in [0.1, 0.15) is 10.5 Å². The number of fused-ring (bicyclic) bond motifs is 1. The van der Waals surface area contributed by atoms with Gasteiger partial charge in [-0.15, -0.1) is 0 Å². The predicted molar refractivity (Wildman–Crippen MR) is 69.1 cm³/mol. The second-order valence-electron chi connectivity index (χ2n) is 4.01. The molecule has 0 aliphatic heterocycles. The largest absolute Gasteiger partial charge is 0.352 e. The summed E-state index contributed by atoms with van der Waals surface area (Å²) in [4.78, 5) is 13.8. The summed E-state index contributed by atoms with van der Waals surface area (Å²) < 4.78 is 0. The molecule has 3 rings (SSSR count). The van der Waals surface area contributed by atoms with Gasteiger partial charge >= 0.3 is 0 Å². The molecule has 0 radical (unpaired) electrons. The molecule has 0 aliphatic carbocycles. The minimum absolute atomic E-state index is 0.616. The first kappa shape index (κ1) is 9.85. The van der Waals surface area contributed by atoms with E-state index in [-0.39, 0.29) is 0 Å². The van der Waals surface area contributed by atoms with Crippen LogP contribution in [-0.2, 0) is 0 Å². The number of aromatic nitrogens is 1. The van der Waals surface area contributed by atoms with E-state index in [1.807, 2.05) is 30.3 Å². The van der Waals surface area contributed by atoms with Gasteiger partial charge in [0.1, 0.15) is 0 Å². The fourth-order valence-corrected chi connectivity index (χ4v) is 2.02. The van der Waals surface area contributed by atoms with Gasteiger partial charge in [-0.3, -0.25) is 4.79 Å². The number of carbonyl (C=O) groups is 1. The van der Waals surface area contributed by atoms with Crippen molar-refractivity contribution in [3.8, 4) is 11.1 Å². The Morgan fingerprint density at radius 2 is 1.71 bits per heavy atom. The van der Waals surface area contributed by atoms with Crippen molar-refractivity contribution in [1.29, 1.82) is 0 Å². The van der Waals surface area contributed by atoms with Crippen molar-refractivity contribution < 1.29 is 4.79 Å². The van der Waals surface area contributed by atoms with Crippen LogP contribution < -0.4 is 0 Å². The number of nitrogens with one attached hydrogen (secondary N) is 1. The molecule has 3 aromatic rings. The molecule has 82 valence electrons. The van der Waals surface area contributed by atoms with Gasteiger partial charge in [0, 0.05) is 10.9 Å². The second-order valence-corrected chi connectivity index (χ2v) is 4.01. The third-order valence-electron chi connectivity index (χ3n) is 2.88. The van der Waals surface area contributed by atoms with E-state index in [0.29, 0.717) is 5.69 Å². The van der Waals surface area contributed by atoms with Crippen molar-refractivity contribution in [1.82, 2.24) is 4.98 Å². The number of H-pyrrole nitrogens is 1. The summed E-state index contributed by atoms with van der Waals surface area (Å²) in [6, 6.07) is 18.2. The van der Waals surface area contributed by atoms with E-state index in [2.05, 4.69) is 29.2 Å². The Morgan fingerprint density at radius 1 is 0.882 bits per heavy atom. The van der Waals surface area contributed by atoms with Crippen molar-refractivity contribution in [3.63, 3.8) is 0 Å². The number of hydrogen-bond donors (Lipinski definition) is 1. The molecule has 0 bridgehead atoms. The van der Waals surface area contributed by atoms with Crippen LogP contribution in [0.2, 0.25) is 0 Å². The van der Waals surface area contributed by atoms with Crippen molar-refractivity contribution in [2.75, 3.05) is 0 Å². The number of rotatable bonds is 2. The summed E-state index contributed by atoms with van der Waals surface area (Å²) in [7, 11) is 0. The molecular formula is C15H11NO. The summed E-state index contributed by atoms with van der Waals surface area (Å²) in [5, 5.41) is 1.06. The van der Waals surface area contributed by atoms with Crippen molar-refractivity contribution in [3.05, 3.63) is 60.3 Å². The van der Waals surface area contributed by atoms with Crippen LogP contribution in [0, 0.1) is 0 Å². The molecule has 1 N–H and O–H groups in total. The molecular weight excluding hydrogens is 210 g/mol. The molecule has 0 saturated carbocycles. The van der Waals surface area contributed by atoms with Crippen LogP contribution in [0.15, 0.2) is 54.6 Å². The number of carbonyl (C=O) groups excluding carboxylic acids is 1. The summed E-state index contributed by atoms with van der Waals surface area (Å²) in [5.41, 5.74) is 3.94. The Kier molecular flexibility index (Phi) is 2.26. The molecule has 0 atom stereocenters. The average molecular weight is 221 g/mol. The molecule has 17 heavy (non-hydrogen) atoms. The number of benzene rings is 2. The van der Waals surface area contributed by atoms with Crippen molar-refractivity contribution in [2.45, 2.75) is 0 Å². The number of aromatic amines is 1. The first-order chi connectivity index (χ1) is 8.36. The minimum Gasteiger partial charge on any atom is -0.352 e. The fourth-order valence-electron chi connectivity index (χ4n) is 2.02. The topological polar surface area (TPSA) is 32.9 Å². The highest BCUT2D eigenvalue weighted by Crippen LogP contribution is 2.24. The first-order valence-electron chi connectivity index (χ1n) is 5.50. The van der Waals surface area contributed by atoms with Crippen molar-refractivity contribution in [2.24, 2.45) is 0 Å². The lowest BCUT2D eigenvalue weighted by molar-refractivity contribution is 0.112. The fraction of sp³-hybridized carbons (Fsp3) is 0. The number of aldehydes is 1. The van der Waals surface area contributed by atoms with E-state index in [9.17, 15) is 4.79 Å². The van der Waals surface area contributed by atoms with Crippen LogP contribution in [0.3, 0.4) is 0 Å². The lowest BCUT2D eigenvalue weighted by atomic mass is 10.0. The van der Waals surface area contributed by atoms with Crippen LogP contribution in [-0.4, -0.2) is 11.3 Å². The van der Waals surface area contributed by atoms with Gasteiger partial charge in [0.05, 0.1) is 5.69 Å². The molecule has 0 spiro atoms. The second kappa shape index (κ2) is 3.91. The number of hydrogen-bond acceptors (Lipinski definition) is 1. The molecule has 1 aromatic heterocycles. The SMILES string of the molecule is O=Cc1cc2ccc(-c3ccccc3)cc2[nH]1. The Balaban J connectivity index is 2.16. The zero-order valence-corrected chi connectivity index (χ0v) is 9.18. The maximum atomic E-state index is 10.7. The monoisotopic (exact) mass is 221 g/mol. The van der Waals surface area contributed by atoms with Gasteiger partial charge in [0.2, 0.25) is 0 Å². The lowest BCUT2D eigenvalue weighted by Gasteiger charge is -2.01. The van der Waals surface area contributed by atoms with Gasteiger partial charge in [-0.1, -0.05) is 42.5 Å². The maximum absolute atomic E-state index is 10.7. The summed E-state index contributed by atoms with van der Waals surface area (Å²) in [6.07, 6.45) is 0.836. The summed E-state index contributed by atoms with van der Waals surface area (Å²) in [5.74, 6) is 0. The maximum Gasteiger partial charge on any atom is 0.166 e. The third kappa shape index (κ3) is 1.74. The standard InChI is InChI=1S/C15H11NO/c17-10-14-8-13-7-6-12(9-15(13)16-14)11-4-2-1-3-5-11/h1-10,16H. The van der Waals surface area contributed by atoms with E-state index < -0.39 is 0 Å². The van der Waals surface area contributed by atoms with Crippen LogP contribution in [0.5, 0.6) is 0 Å². The van der Waals surface area contributed by atoms with Gasteiger partial charge in [0.25, 0.3) is 0 Å². The van der Waals surface area contributed by atoms with Crippen molar-refractivity contribution >= 4 is 17.2 Å². The van der Waals surface area contributed by atoms with E-state index in [4.69, 9.17) is 0 Å². The zero-order chi connectivity index (χ0) is 11.7. The highest BCUT2D eigenvalue weighted by Gasteiger charge is 2.02. The summed E-state index contributed by atoms with van der Waals surface area (Å²) >= 11 is 0. The van der Waals surface area contributed by atoms with Gasteiger partial charge in [-0.25, -0.2) is 0 Å². The van der Waals surface area contributed by atoms with Gasteiger partial charge in [-0.2, -0.15) is 0 Å². The predicted octanol–water partition coefficient (Wildman–Crippen LogP) is 3.65. The average Bonchev–Trinajstić information content (AvgIpc) is 2.81. The van der Waals surface area contributed by atoms with E-state index in [1.165, 1.54) is 5.56 Å². The molecule has 2 aromatic carbocycles. The molecule has 2 heteroatoms. The van der Waals surface area contributed by atoms with Crippen LogP contribution in [0.4, 0.5) is 0 Å². The molecule has 0 unspecified atom stereocenters. The highest BCUT2D eigenvalue weighted by molar-refractivity contribution is 5.90. The molecule has 0 amide bonds. The normalized spacial score (nSPS) is 10.6. The van der Waals surface area contributed by atoms with E-state index in [0.717, 1.165) is 22.8 Å². The molecule has 2 nitrogen and oxygen atoms in total.